The Kier molecular flexibility index (Phi) is 4.78. The molecule has 1 aromatic rings. The normalized spacial score (nSPS) is 25.9. The van der Waals surface area contributed by atoms with Crippen molar-refractivity contribution < 1.29 is 9.53 Å². The van der Waals surface area contributed by atoms with Crippen molar-refractivity contribution >= 4 is 5.91 Å². The molecule has 4 N–H and O–H groups in total. The first-order valence-electron chi connectivity index (χ1n) is 7.30. The molecule has 3 atom stereocenters. The van der Waals surface area contributed by atoms with Crippen LogP contribution in [0.3, 0.4) is 0 Å². The van der Waals surface area contributed by atoms with Gasteiger partial charge in [0.1, 0.15) is 5.54 Å². The van der Waals surface area contributed by atoms with Gasteiger partial charge >= 0.3 is 0 Å². The van der Waals surface area contributed by atoms with Gasteiger partial charge in [0.05, 0.1) is 12.7 Å². The molecule has 110 valence electrons. The molecule has 0 radical (unpaired) electrons. The van der Waals surface area contributed by atoms with Gasteiger partial charge in [0.15, 0.2) is 0 Å². The molecule has 0 aromatic heterocycles. The molecule has 20 heavy (non-hydrogen) atoms. The van der Waals surface area contributed by atoms with Crippen LogP contribution in [0.4, 0.5) is 0 Å². The zero-order chi connectivity index (χ0) is 14.6. The van der Waals surface area contributed by atoms with Crippen LogP contribution in [0.2, 0.25) is 0 Å². The van der Waals surface area contributed by atoms with Crippen molar-refractivity contribution in [2.24, 2.45) is 17.4 Å². The van der Waals surface area contributed by atoms with Crippen LogP contribution in [-0.4, -0.2) is 18.6 Å². The summed E-state index contributed by atoms with van der Waals surface area (Å²) in [6, 6.07) is 9.22. The molecule has 0 bridgehead atoms. The van der Waals surface area contributed by atoms with E-state index in [1.807, 2.05) is 30.3 Å². The van der Waals surface area contributed by atoms with Crippen LogP contribution in [0.5, 0.6) is 0 Å². The van der Waals surface area contributed by atoms with Crippen LogP contribution in [0.25, 0.3) is 0 Å². The molecular formula is C16H24N2O2. The number of amides is 1. The molecule has 1 aliphatic carbocycles. The van der Waals surface area contributed by atoms with Crippen molar-refractivity contribution in [1.82, 2.24) is 0 Å². The summed E-state index contributed by atoms with van der Waals surface area (Å²) in [5.74, 6) is -0.0381. The maximum Gasteiger partial charge on any atom is 0.244 e. The zero-order valence-corrected chi connectivity index (χ0v) is 12.0. The van der Waals surface area contributed by atoms with Crippen LogP contribution in [-0.2, 0) is 15.1 Å². The van der Waals surface area contributed by atoms with Gasteiger partial charge in [0, 0.05) is 0 Å². The van der Waals surface area contributed by atoms with Gasteiger partial charge in [-0.2, -0.15) is 0 Å². The highest BCUT2D eigenvalue weighted by Crippen LogP contribution is 2.28. The summed E-state index contributed by atoms with van der Waals surface area (Å²) in [6.45, 7) is 2.33. The van der Waals surface area contributed by atoms with E-state index in [9.17, 15) is 4.79 Å². The molecule has 0 aliphatic heterocycles. The Morgan fingerprint density at radius 2 is 1.95 bits per heavy atom. The third-order valence-electron chi connectivity index (χ3n) is 4.29. The smallest absolute Gasteiger partial charge is 0.244 e. The van der Waals surface area contributed by atoms with Crippen LogP contribution in [0, 0.1) is 5.92 Å². The number of rotatable bonds is 5. The quantitative estimate of drug-likeness (QED) is 0.862. The zero-order valence-electron chi connectivity index (χ0n) is 12.0. The molecule has 0 saturated heterocycles. The summed E-state index contributed by atoms with van der Waals surface area (Å²) in [5.41, 5.74) is 11.2. The van der Waals surface area contributed by atoms with Crippen molar-refractivity contribution in [3.05, 3.63) is 35.9 Å². The molecule has 1 aromatic carbocycles. The minimum atomic E-state index is -1.25. The molecule has 4 heteroatoms. The van der Waals surface area contributed by atoms with E-state index in [-0.39, 0.29) is 12.7 Å². The van der Waals surface area contributed by atoms with E-state index in [4.69, 9.17) is 16.2 Å². The number of ether oxygens (including phenoxy) is 1. The number of benzene rings is 1. The largest absolute Gasteiger partial charge is 0.375 e. The summed E-state index contributed by atoms with van der Waals surface area (Å²) in [4.78, 5) is 11.8. The van der Waals surface area contributed by atoms with E-state index < -0.39 is 11.4 Å². The first-order chi connectivity index (χ1) is 9.54. The Morgan fingerprint density at radius 3 is 2.55 bits per heavy atom. The second-order valence-electron chi connectivity index (χ2n) is 5.81. The SMILES string of the molecule is CC1CCCCC1OCC(N)(C(N)=O)c1ccccc1. The molecule has 1 fully saturated rings. The molecule has 4 nitrogen and oxygen atoms in total. The summed E-state index contributed by atoms with van der Waals surface area (Å²) in [5, 5.41) is 0. The van der Waals surface area contributed by atoms with Gasteiger partial charge in [0.2, 0.25) is 5.91 Å². The third-order valence-corrected chi connectivity index (χ3v) is 4.29. The van der Waals surface area contributed by atoms with E-state index in [2.05, 4.69) is 6.92 Å². The maximum atomic E-state index is 11.8. The highest BCUT2D eigenvalue weighted by Gasteiger charge is 2.36. The molecule has 3 unspecified atom stereocenters. The van der Waals surface area contributed by atoms with E-state index in [0.717, 1.165) is 6.42 Å². The lowest BCUT2D eigenvalue weighted by atomic mass is 9.87. The van der Waals surface area contributed by atoms with Gasteiger partial charge in [-0.1, -0.05) is 50.1 Å². The fourth-order valence-electron chi connectivity index (χ4n) is 2.80. The summed E-state index contributed by atoms with van der Waals surface area (Å²) in [6.07, 6.45) is 4.81. The molecule has 0 heterocycles. The summed E-state index contributed by atoms with van der Waals surface area (Å²) in [7, 11) is 0. The first kappa shape index (κ1) is 15.0. The highest BCUT2D eigenvalue weighted by molar-refractivity contribution is 5.86. The predicted octanol–water partition coefficient (Wildman–Crippen LogP) is 1.92. The summed E-state index contributed by atoms with van der Waals surface area (Å²) >= 11 is 0. The number of primary amides is 1. The Balaban J connectivity index is 2.08. The van der Waals surface area contributed by atoms with Gasteiger partial charge < -0.3 is 16.2 Å². The lowest BCUT2D eigenvalue weighted by Crippen LogP contribution is -2.53. The second kappa shape index (κ2) is 6.37. The Labute approximate surface area is 120 Å². The number of hydrogen-bond donors (Lipinski definition) is 2. The Hall–Kier alpha value is -1.39. The van der Waals surface area contributed by atoms with Crippen molar-refractivity contribution in [2.45, 2.75) is 44.2 Å². The van der Waals surface area contributed by atoms with E-state index in [0.29, 0.717) is 11.5 Å². The highest BCUT2D eigenvalue weighted by atomic mass is 16.5. The lowest BCUT2D eigenvalue weighted by Gasteiger charge is -2.33. The van der Waals surface area contributed by atoms with Crippen LogP contribution >= 0.6 is 0 Å². The minimum Gasteiger partial charge on any atom is -0.375 e. The molecular weight excluding hydrogens is 252 g/mol. The fourth-order valence-corrected chi connectivity index (χ4v) is 2.80. The number of carbonyl (C=O) groups is 1. The Bertz CT molecular complexity index is 449. The number of carbonyl (C=O) groups excluding carboxylic acids is 1. The second-order valence-corrected chi connectivity index (χ2v) is 5.81. The van der Waals surface area contributed by atoms with Gasteiger partial charge in [0.25, 0.3) is 0 Å². The predicted molar refractivity (Wildman–Crippen MR) is 78.9 cm³/mol. The lowest BCUT2D eigenvalue weighted by molar-refractivity contribution is -0.128. The average Bonchev–Trinajstić information content (AvgIpc) is 2.47. The van der Waals surface area contributed by atoms with Crippen LogP contribution < -0.4 is 11.5 Å². The van der Waals surface area contributed by atoms with Crippen LogP contribution in [0.1, 0.15) is 38.2 Å². The number of hydrogen-bond acceptors (Lipinski definition) is 3. The standard InChI is InChI=1S/C16H24N2O2/c1-12-7-5-6-10-14(12)20-11-16(18,15(17)19)13-8-3-2-4-9-13/h2-4,8-9,12,14H,5-7,10-11,18H2,1H3,(H2,17,19). The minimum absolute atomic E-state index is 0.140. The fraction of sp³-hybridized carbons (Fsp3) is 0.562. The van der Waals surface area contributed by atoms with Gasteiger partial charge in [-0.3, -0.25) is 4.79 Å². The van der Waals surface area contributed by atoms with Crippen LogP contribution in [0.15, 0.2) is 30.3 Å². The molecule has 1 amide bonds. The molecule has 0 spiro atoms. The van der Waals surface area contributed by atoms with E-state index in [1.165, 1.54) is 19.3 Å². The molecule has 1 saturated carbocycles. The monoisotopic (exact) mass is 276 g/mol. The van der Waals surface area contributed by atoms with E-state index in [1.54, 1.807) is 0 Å². The van der Waals surface area contributed by atoms with Gasteiger partial charge in [-0.25, -0.2) is 0 Å². The van der Waals surface area contributed by atoms with Crippen molar-refractivity contribution in [1.29, 1.82) is 0 Å². The number of nitrogens with two attached hydrogens (primary N) is 2. The van der Waals surface area contributed by atoms with Crippen molar-refractivity contribution in [3.8, 4) is 0 Å². The average molecular weight is 276 g/mol. The van der Waals surface area contributed by atoms with Crippen molar-refractivity contribution in [3.63, 3.8) is 0 Å². The topological polar surface area (TPSA) is 78.3 Å². The molecule has 1 aliphatic rings. The van der Waals surface area contributed by atoms with Gasteiger partial charge in [-0.05, 0) is 24.3 Å². The Morgan fingerprint density at radius 1 is 1.30 bits per heavy atom. The van der Waals surface area contributed by atoms with E-state index >= 15 is 0 Å². The molecule has 2 rings (SSSR count). The summed E-state index contributed by atoms with van der Waals surface area (Å²) < 4.78 is 5.95. The van der Waals surface area contributed by atoms with Gasteiger partial charge in [-0.15, -0.1) is 0 Å². The maximum absolute atomic E-state index is 11.8. The first-order valence-corrected chi connectivity index (χ1v) is 7.30. The third kappa shape index (κ3) is 3.19. The van der Waals surface area contributed by atoms with Crippen molar-refractivity contribution in [2.75, 3.05) is 6.61 Å².